The molecule has 1 aliphatic rings. The van der Waals surface area contributed by atoms with Crippen LogP contribution in [0.25, 0.3) is 0 Å². The second-order valence-electron chi connectivity index (χ2n) is 7.06. The van der Waals surface area contributed by atoms with E-state index in [1.165, 1.54) is 0 Å². The van der Waals surface area contributed by atoms with Gasteiger partial charge in [0.2, 0.25) is 0 Å². The number of benzene rings is 1. The van der Waals surface area contributed by atoms with Gasteiger partial charge in [0.25, 0.3) is 0 Å². The lowest BCUT2D eigenvalue weighted by atomic mass is 10.1. The number of hydrogen-bond donors (Lipinski definition) is 1. The number of ether oxygens (including phenoxy) is 1. The molecule has 28 heavy (non-hydrogen) atoms. The molecular formula is C22H29NO5. The molecule has 0 radical (unpaired) electrons. The molecule has 6 heteroatoms. The van der Waals surface area contributed by atoms with E-state index in [0.717, 1.165) is 31.2 Å². The highest BCUT2D eigenvalue weighted by molar-refractivity contribution is 5.91. The molecule has 0 spiro atoms. The minimum Gasteiger partial charge on any atom is -0.481 e. The van der Waals surface area contributed by atoms with Crippen LogP contribution in [0.3, 0.4) is 0 Å². The molecule has 1 unspecified atom stereocenters. The lowest BCUT2D eigenvalue weighted by Gasteiger charge is -2.33. The van der Waals surface area contributed by atoms with Crippen molar-refractivity contribution in [2.45, 2.75) is 57.4 Å². The highest BCUT2D eigenvalue weighted by Crippen LogP contribution is 2.17. The normalized spacial score (nSPS) is 16.9. The van der Waals surface area contributed by atoms with E-state index >= 15 is 0 Å². The van der Waals surface area contributed by atoms with E-state index in [2.05, 4.69) is 0 Å². The second kappa shape index (κ2) is 12.0. The first-order valence-electron chi connectivity index (χ1n) is 9.96. The van der Waals surface area contributed by atoms with E-state index in [-0.39, 0.29) is 24.3 Å². The molecule has 1 aromatic carbocycles. The lowest BCUT2D eigenvalue weighted by molar-refractivity contribution is -0.137. The van der Waals surface area contributed by atoms with Gasteiger partial charge >= 0.3 is 12.1 Å². The Labute approximate surface area is 166 Å². The number of carbonyl (C=O) groups is 3. The summed E-state index contributed by atoms with van der Waals surface area (Å²) in [5.41, 5.74) is 0.972. The average molecular weight is 387 g/mol. The Hall–Kier alpha value is -2.63. The minimum atomic E-state index is -0.757. The third-order valence-electron chi connectivity index (χ3n) is 4.79. The summed E-state index contributed by atoms with van der Waals surface area (Å²) in [5, 5.41) is 8.63. The fraction of sp³-hybridized carbons (Fsp3) is 0.500. The van der Waals surface area contributed by atoms with Crippen LogP contribution in [-0.2, 0) is 20.7 Å². The zero-order valence-electron chi connectivity index (χ0n) is 16.2. The number of unbranched alkanes of at least 4 members (excludes halogenated alkanes) is 4. The summed E-state index contributed by atoms with van der Waals surface area (Å²) in [5.74, 6) is -0.740. The molecule has 0 saturated carbocycles. The topological polar surface area (TPSA) is 83.9 Å². The third-order valence-corrected chi connectivity index (χ3v) is 4.79. The molecule has 1 amide bonds. The third kappa shape index (κ3) is 7.94. The van der Waals surface area contributed by atoms with Gasteiger partial charge in [-0.05, 0) is 24.5 Å². The Kier molecular flexibility index (Phi) is 9.25. The van der Waals surface area contributed by atoms with Gasteiger partial charge < -0.3 is 14.7 Å². The highest BCUT2D eigenvalue weighted by atomic mass is 16.6. The first kappa shape index (κ1) is 21.7. The first-order valence-corrected chi connectivity index (χ1v) is 9.96. The van der Waals surface area contributed by atoms with Gasteiger partial charge in [-0.25, -0.2) is 4.79 Å². The van der Waals surface area contributed by atoms with Gasteiger partial charge in [0, 0.05) is 25.8 Å². The van der Waals surface area contributed by atoms with E-state index in [9.17, 15) is 14.4 Å². The molecular weight excluding hydrogens is 358 g/mol. The number of carbonyl (C=O) groups excluding carboxylic acids is 2. The Morgan fingerprint density at radius 1 is 1.11 bits per heavy atom. The number of allylic oxidation sites excluding steroid dienone is 1. The van der Waals surface area contributed by atoms with Gasteiger partial charge in [-0.3, -0.25) is 9.59 Å². The van der Waals surface area contributed by atoms with Crippen LogP contribution in [0, 0.1) is 0 Å². The number of nitrogens with zero attached hydrogens (tertiary/aromatic N) is 1. The highest BCUT2D eigenvalue weighted by Gasteiger charge is 2.27. The predicted molar refractivity (Wildman–Crippen MR) is 106 cm³/mol. The van der Waals surface area contributed by atoms with Crippen LogP contribution < -0.4 is 0 Å². The van der Waals surface area contributed by atoms with Crippen LogP contribution >= 0.6 is 0 Å². The van der Waals surface area contributed by atoms with Crippen LogP contribution in [0.15, 0.2) is 42.5 Å². The Morgan fingerprint density at radius 3 is 2.57 bits per heavy atom. The standard InChI is InChI=1S/C22H29NO5/c24-20(17-18-9-5-4-6-10-18)13-12-19-14-16-28-22(27)23(19)15-8-3-1-2-7-11-21(25)26/h4-6,9-10,12-13,19H,1-3,7-8,11,14-17H2,(H,25,26)/b13-12+. The quantitative estimate of drug-likeness (QED) is 0.433. The molecule has 1 saturated heterocycles. The fourth-order valence-corrected chi connectivity index (χ4v) is 3.26. The molecule has 1 N–H and O–H groups in total. The summed E-state index contributed by atoms with van der Waals surface area (Å²) in [7, 11) is 0. The van der Waals surface area contributed by atoms with Crippen molar-refractivity contribution < 1.29 is 24.2 Å². The van der Waals surface area contributed by atoms with Crippen LogP contribution in [0.1, 0.15) is 50.5 Å². The molecule has 1 aliphatic heterocycles. The van der Waals surface area contributed by atoms with Crippen molar-refractivity contribution in [1.82, 2.24) is 4.90 Å². The Morgan fingerprint density at radius 2 is 1.82 bits per heavy atom. The number of ketones is 1. The molecule has 6 nitrogen and oxygen atoms in total. The molecule has 1 aromatic rings. The molecule has 1 fully saturated rings. The van der Waals surface area contributed by atoms with Gasteiger partial charge in [0.1, 0.15) is 0 Å². The largest absolute Gasteiger partial charge is 0.481 e. The molecule has 0 aliphatic carbocycles. The second-order valence-corrected chi connectivity index (χ2v) is 7.06. The number of amides is 1. The number of hydrogen-bond acceptors (Lipinski definition) is 4. The van der Waals surface area contributed by atoms with E-state index in [4.69, 9.17) is 9.84 Å². The zero-order valence-corrected chi connectivity index (χ0v) is 16.2. The Bertz CT molecular complexity index is 671. The van der Waals surface area contributed by atoms with Crippen molar-refractivity contribution >= 4 is 17.8 Å². The maximum Gasteiger partial charge on any atom is 0.410 e. The van der Waals surface area contributed by atoms with Crippen molar-refractivity contribution in [3.63, 3.8) is 0 Å². The SMILES string of the molecule is O=C(O)CCCCCCCN1C(=O)OCCC1/C=C/C(=O)Cc1ccccc1. The minimum absolute atomic E-state index is 0.0171. The van der Waals surface area contributed by atoms with E-state index in [1.807, 2.05) is 36.4 Å². The molecule has 0 bridgehead atoms. The van der Waals surface area contributed by atoms with Crippen molar-refractivity contribution in [3.05, 3.63) is 48.0 Å². The molecule has 0 aromatic heterocycles. The van der Waals surface area contributed by atoms with Gasteiger partial charge in [0.15, 0.2) is 5.78 Å². The summed E-state index contributed by atoms with van der Waals surface area (Å²) < 4.78 is 5.15. The Balaban J connectivity index is 1.76. The van der Waals surface area contributed by atoms with E-state index < -0.39 is 5.97 Å². The van der Waals surface area contributed by atoms with Crippen molar-refractivity contribution in [1.29, 1.82) is 0 Å². The summed E-state index contributed by atoms with van der Waals surface area (Å²) in [4.78, 5) is 36.5. The maximum atomic E-state index is 12.2. The van der Waals surface area contributed by atoms with E-state index in [0.29, 0.717) is 32.4 Å². The van der Waals surface area contributed by atoms with Crippen molar-refractivity contribution in [2.24, 2.45) is 0 Å². The van der Waals surface area contributed by atoms with Crippen LogP contribution in [0.5, 0.6) is 0 Å². The van der Waals surface area contributed by atoms with E-state index in [1.54, 1.807) is 11.0 Å². The number of aliphatic carboxylic acids is 1. The van der Waals surface area contributed by atoms with Crippen molar-refractivity contribution in [3.8, 4) is 0 Å². The smallest absolute Gasteiger partial charge is 0.410 e. The molecule has 2 rings (SSSR count). The van der Waals surface area contributed by atoms with Crippen LogP contribution in [-0.4, -0.2) is 47.0 Å². The molecule has 152 valence electrons. The number of carboxylic acids is 1. The average Bonchev–Trinajstić information content (AvgIpc) is 2.67. The lowest BCUT2D eigenvalue weighted by Crippen LogP contribution is -2.45. The summed E-state index contributed by atoms with van der Waals surface area (Å²) >= 11 is 0. The summed E-state index contributed by atoms with van der Waals surface area (Å²) in [6.45, 7) is 0.950. The van der Waals surface area contributed by atoms with Gasteiger partial charge in [-0.15, -0.1) is 0 Å². The predicted octanol–water partition coefficient (Wildman–Crippen LogP) is 3.99. The van der Waals surface area contributed by atoms with Crippen LogP contribution in [0.4, 0.5) is 4.79 Å². The first-order chi connectivity index (χ1) is 13.6. The number of carboxylic acid groups (broad SMARTS) is 1. The monoisotopic (exact) mass is 387 g/mol. The summed E-state index contributed by atoms with van der Waals surface area (Å²) in [6, 6.07) is 9.47. The van der Waals surface area contributed by atoms with Gasteiger partial charge in [-0.1, -0.05) is 55.7 Å². The van der Waals surface area contributed by atoms with Gasteiger partial charge in [-0.2, -0.15) is 0 Å². The van der Waals surface area contributed by atoms with Crippen LogP contribution in [0.2, 0.25) is 0 Å². The molecule has 1 heterocycles. The number of rotatable bonds is 12. The zero-order chi connectivity index (χ0) is 20.2. The molecule has 1 atom stereocenters. The fourth-order valence-electron chi connectivity index (χ4n) is 3.26. The van der Waals surface area contributed by atoms with Gasteiger partial charge in [0.05, 0.1) is 12.6 Å². The summed E-state index contributed by atoms with van der Waals surface area (Å²) in [6.07, 6.45) is 8.61. The van der Waals surface area contributed by atoms with Crippen molar-refractivity contribution in [2.75, 3.05) is 13.2 Å². The number of cyclic esters (lactones) is 1. The maximum absolute atomic E-state index is 12.2.